The minimum atomic E-state index is -2.69. The van der Waals surface area contributed by atoms with Crippen molar-refractivity contribution in [1.82, 2.24) is 0 Å². The molecule has 4 aliphatic rings. The summed E-state index contributed by atoms with van der Waals surface area (Å²) in [6, 6.07) is 0. The molecule has 11 heteroatoms. The largest absolute Gasteiger partial charge is 0.465 e. The van der Waals surface area contributed by atoms with Crippen LogP contribution >= 0.6 is 0 Å². The first-order valence-electron chi connectivity index (χ1n) is 15.4. The highest BCUT2D eigenvalue weighted by Crippen LogP contribution is 2.45. The lowest BCUT2D eigenvalue weighted by Gasteiger charge is -2.47. The molecule has 10 nitrogen and oxygen atoms in total. The van der Waals surface area contributed by atoms with Crippen LogP contribution in [0.5, 0.6) is 0 Å². The number of esters is 1. The van der Waals surface area contributed by atoms with E-state index in [1.165, 1.54) is 0 Å². The Morgan fingerprint density at radius 2 is 1.68 bits per heavy atom. The maximum atomic E-state index is 12.2. The first-order chi connectivity index (χ1) is 19.1. The zero-order chi connectivity index (χ0) is 30.3. The molecule has 4 fully saturated rings. The van der Waals surface area contributed by atoms with E-state index >= 15 is 0 Å². The lowest BCUT2D eigenvalue weighted by atomic mass is 9.88. The van der Waals surface area contributed by atoms with E-state index in [1.807, 2.05) is 34.6 Å². The van der Waals surface area contributed by atoms with E-state index in [2.05, 4.69) is 27.7 Å². The van der Waals surface area contributed by atoms with E-state index < -0.39 is 50.3 Å². The van der Waals surface area contributed by atoms with Gasteiger partial charge < -0.3 is 42.4 Å². The Morgan fingerprint density at radius 1 is 1.00 bits per heavy atom. The van der Waals surface area contributed by atoms with Crippen LogP contribution in [0.3, 0.4) is 0 Å². The van der Waals surface area contributed by atoms with E-state index in [9.17, 15) is 9.90 Å². The van der Waals surface area contributed by atoms with Crippen molar-refractivity contribution < 1.29 is 47.2 Å². The highest BCUT2D eigenvalue weighted by Gasteiger charge is 2.60. The minimum absolute atomic E-state index is 0.134. The standard InChI is InChI=1S/C30H54O10Si/c1-17(2)41(33-10,18(3)4)40-25-22(15-20-16-35-30(8,9)39-20)38-26-23(31)24-21(37-27(25)26)12-11-19(36-24)13-14-34-28(32)29(5,6)7/h17-27,31H,11-16H2,1-10H3/t19-,20-,21+,22-,23+,24+,25+,26+,27+/m1/s1. The zero-order valence-corrected chi connectivity index (χ0v) is 27.7. The summed E-state index contributed by atoms with van der Waals surface area (Å²) in [7, 11) is -0.951. The second-order valence-corrected chi connectivity index (χ2v) is 18.6. The van der Waals surface area contributed by atoms with Crippen molar-refractivity contribution in [2.24, 2.45) is 5.41 Å². The second-order valence-electron chi connectivity index (χ2n) is 14.2. The van der Waals surface area contributed by atoms with Gasteiger partial charge in [-0.05, 0) is 58.5 Å². The molecular formula is C30H54O10Si. The summed E-state index contributed by atoms with van der Waals surface area (Å²) < 4.78 is 50.3. The molecule has 0 aliphatic carbocycles. The molecule has 4 heterocycles. The number of carbonyl (C=O) groups excluding carboxylic acids is 1. The number of hydrogen-bond donors (Lipinski definition) is 1. The molecule has 0 aromatic rings. The van der Waals surface area contributed by atoms with Crippen molar-refractivity contribution in [2.45, 2.75) is 160 Å². The smallest absolute Gasteiger partial charge is 0.343 e. The van der Waals surface area contributed by atoms with E-state index in [1.54, 1.807) is 7.11 Å². The molecule has 0 bridgehead atoms. The van der Waals surface area contributed by atoms with Crippen molar-refractivity contribution in [3.63, 3.8) is 0 Å². The average Bonchev–Trinajstić information content (AvgIpc) is 3.40. The fourth-order valence-corrected chi connectivity index (χ4v) is 10.4. The van der Waals surface area contributed by atoms with Gasteiger partial charge in [-0.25, -0.2) is 0 Å². The van der Waals surface area contributed by atoms with E-state index in [0.29, 0.717) is 19.4 Å². The predicted octanol–water partition coefficient (Wildman–Crippen LogP) is 4.24. The summed E-state index contributed by atoms with van der Waals surface area (Å²) in [5, 5.41) is 11.6. The van der Waals surface area contributed by atoms with Crippen molar-refractivity contribution >= 4 is 14.5 Å². The number of hydrogen-bond acceptors (Lipinski definition) is 10. The molecule has 41 heavy (non-hydrogen) atoms. The molecule has 9 atom stereocenters. The number of carbonyl (C=O) groups is 1. The van der Waals surface area contributed by atoms with Crippen molar-refractivity contribution in [1.29, 1.82) is 0 Å². The van der Waals surface area contributed by atoms with Gasteiger partial charge in [-0.2, -0.15) is 0 Å². The quantitative estimate of drug-likeness (QED) is 0.288. The van der Waals surface area contributed by atoms with E-state index in [-0.39, 0.29) is 48.1 Å². The van der Waals surface area contributed by atoms with Crippen molar-refractivity contribution in [3.8, 4) is 0 Å². The third-order valence-electron chi connectivity index (χ3n) is 8.94. The Labute approximate surface area is 247 Å². The third-order valence-corrected chi connectivity index (χ3v) is 13.4. The second kappa shape index (κ2) is 12.8. The van der Waals surface area contributed by atoms with Gasteiger partial charge in [-0.3, -0.25) is 4.79 Å². The topological polar surface area (TPSA) is 111 Å². The molecule has 0 aromatic carbocycles. The fraction of sp³-hybridized carbons (Fsp3) is 0.967. The van der Waals surface area contributed by atoms with E-state index in [4.69, 9.17) is 37.3 Å². The molecule has 4 aliphatic heterocycles. The van der Waals surface area contributed by atoms with Crippen LogP contribution < -0.4 is 0 Å². The highest BCUT2D eigenvalue weighted by atomic mass is 28.4. The lowest BCUT2D eigenvalue weighted by Crippen LogP contribution is -2.62. The van der Waals surface area contributed by atoms with Gasteiger partial charge in [0.1, 0.15) is 30.5 Å². The summed E-state index contributed by atoms with van der Waals surface area (Å²) in [6.45, 7) is 18.7. The Hall–Kier alpha value is -0.633. The molecule has 0 aromatic heterocycles. The Balaban J connectivity index is 1.49. The molecule has 0 amide bonds. The van der Waals surface area contributed by atoms with Gasteiger partial charge in [-0.1, -0.05) is 27.7 Å². The fourth-order valence-electron chi connectivity index (χ4n) is 6.77. The molecule has 1 N–H and O–H groups in total. The third kappa shape index (κ3) is 7.20. The van der Waals surface area contributed by atoms with Gasteiger partial charge in [-0.15, -0.1) is 0 Å². The Morgan fingerprint density at radius 3 is 2.24 bits per heavy atom. The van der Waals surface area contributed by atoms with Gasteiger partial charge in [0.2, 0.25) is 0 Å². The average molecular weight is 603 g/mol. The van der Waals surface area contributed by atoms with Crippen LogP contribution in [0.25, 0.3) is 0 Å². The zero-order valence-electron chi connectivity index (χ0n) is 26.7. The first kappa shape index (κ1) is 33.3. The molecule has 238 valence electrons. The van der Waals surface area contributed by atoms with Crippen LogP contribution in [0, 0.1) is 5.41 Å². The summed E-state index contributed by atoms with van der Waals surface area (Å²) in [6.07, 6.45) is -1.24. The Bertz CT molecular complexity index is 881. The lowest BCUT2D eigenvalue weighted by molar-refractivity contribution is -0.260. The van der Waals surface area contributed by atoms with Crippen LogP contribution in [-0.4, -0.2) is 101 Å². The summed E-state index contributed by atoms with van der Waals surface area (Å²) in [5.74, 6) is -0.882. The maximum Gasteiger partial charge on any atom is 0.343 e. The molecule has 0 spiro atoms. The normalized spacial score (nSPS) is 37.3. The summed E-state index contributed by atoms with van der Waals surface area (Å²) in [4.78, 5) is 12.2. The number of fused-ring (bicyclic) bond motifs is 2. The van der Waals surface area contributed by atoms with Gasteiger partial charge >= 0.3 is 14.5 Å². The molecule has 4 rings (SSSR count). The molecule has 0 unspecified atom stereocenters. The van der Waals surface area contributed by atoms with Crippen LogP contribution in [0.2, 0.25) is 11.1 Å². The number of rotatable bonds is 10. The van der Waals surface area contributed by atoms with Crippen LogP contribution in [0.15, 0.2) is 0 Å². The van der Waals surface area contributed by atoms with Gasteiger partial charge in [0, 0.05) is 20.0 Å². The minimum Gasteiger partial charge on any atom is -0.465 e. The number of aliphatic hydroxyl groups is 1. The summed E-state index contributed by atoms with van der Waals surface area (Å²) in [5.41, 5.74) is -0.148. The van der Waals surface area contributed by atoms with Gasteiger partial charge in [0.25, 0.3) is 0 Å². The van der Waals surface area contributed by atoms with Gasteiger partial charge in [0.05, 0.1) is 43.0 Å². The molecular weight excluding hydrogens is 548 g/mol. The monoisotopic (exact) mass is 602 g/mol. The molecule has 0 radical (unpaired) electrons. The van der Waals surface area contributed by atoms with Crippen LogP contribution in [0.1, 0.15) is 88.0 Å². The van der Waals surface area contributed by atoms with Gasteiger partial charge in [0.15, 0.2) is 5.79 Å². The molecule has 4 saturated heterocycles. The molecule has 0 saturated carbocycles. The first-order valence-corrected chi connectivity index (χ1v) is 17.4. The maximum absolute atomic E-state index is 12.2. The van der Waals surface area contributed by atoms with Crippen LogP contribution in [0.4, 0.5) is 0 Å². The van der Waals surface area contributed by atoms with Crippen molar-refractivity contribution in [3.05, 3.63) is 0 Å². The number of ether oxygens (including phenoxy) is 6. The van der Waals surface area contributed by atoms with Crippen LogP contribution in [-0.2, 0) is 42.1 Å². The predicted molar refractivity (Wildman–Crippen MR) is 154 cm³/mol. The highest BCUT2D eigenvalue weighted by molar-refractivity contribution is 6.70. The Kier molecular flexibility index (Phi) is 10.4. The van der Waals surface area contributed by atoms with Crippen molar-refractivity contribution in [2.75, 3.05) is 20.3 Å². The number of aliphatic hydroxyl groups excluding tert-OH is 1. The summed E-state index contributed by atoms with van der Waals surface area (Å²) >= 11 is 0. The SMILES string of the molecule is CO[Si](O[C@@H]1[C@@H]2O[C@H]3CC[C@H](CCOC(=O)C(C)(C)C)O[C@@H]3[C@H](O)[C@@H]2O[C@@H]1C[C@@H]1COC(C)(C)O1)(C(C)C)C(C)C. The van der Waals surface area contributed by atoms with E-state index in [0.717, 1.165) is 12.8 Å².